The highest BCUT2D eigenvalue weighted by molar-refractivity contribution is 7.46. The number of aliphatic hydroxyl groups is 1. The second-order valence-electron chi connectivity index (χ2n) is 12.0. The number of carbonyl (C=O) groups is 2. The van der Waals surface area contributed by atoms with Crippen LogP contribution in [0.15, 0.2) is 72.9 Å². The van der Waals surface area contributed by atoms with E-state index in [-0.39, 0.29) is 19.4 Å². The van der Waals surface area contributed by atoms with Gasteiger partial charge >= 0.3 is 19.8 Å². The van der Waals surface area contributed by atoms with Gasteiger partial charge in [0.2, 0.25) is 0 Å². The van der Waals surface area contributed by atoms with Gasteiger partial charge in [0.1, 0.15) is 6.61 Å². The van der Waals surface area contributed by atoms with E-state index in [9.17, 15) is 19.3 Å². The molecule has 0 aromatic rings. The molecular formula is C39H65O9P. The molecule has 0 amide bonds. The van der Waals surface area contributed by atoms with Crippen LogP contribution in [0.2, 0.25) is 0 Å². The number of hydrogen-bond donors (Lipinski definition) is 3. The molecule has 280 valence electrons. The van der Waals surface area contributed by atoms with Gasteiger partial charge in [0.15, 0.2) is 6.10 Å². The number of rotatable bonds is 32. The summed E-state index contributed by atoms with van der Waals surface area (Å²) in [6, 6.07) is 0. The molecule has 0 spiro atoms. The molecule has 1 unspecified atom stereocenters. The summed E-state index contributed by atoms with van der Waals surface area (Å²) in [6.07, 6.45) is 39.5. The molecule has 0 heterocycles. The van der Waals surface area contributed by atoms with E-state index >= 15 is 0 Å². The average Bonchev–Trinajstić information content (AvgIpc) is 3.06. The maximum atomic E-state index is 12.3. The Morgan fingerprint density at radius 1 is 0.653 bits per heavy atom. The van der Waals surface area contributed by atoms with Crippen LogP contribution in [0, 0.1) is 0 Å². The van der Waals surface area contributed by atoms with Gasteiger partial charge in [-0.25, -0.2) is 4.57 Å². The summed E-state index contributed by atoms with van der Waals surface area (Å²) in [5.41, 5.74) is 0. The number of allylic oxidation sites excluding steroid dienone is 10. The Bertz CT molecular complexity index is 1040. The Kier molecular flexibility index (Phi) is 32.2. The molecule has 0 aliphatic heterocycles. The van der Waals surface area contributed by atoms with Crippen molar-refractivity contribution in [1.29, 1.82) is 0 Å². The SMILES string of the molecule is CC/C=C\C/C=C\C/C=C\C/C=C\C=C/C(O)C/C=C\CCC(=O)OC[C@H](COP(=O)(O)O)OC(=O)CCCCCCCCCCCCC. The van der Waals surface area contributed by atoms with Gasteiger partial charge in [-0.05, 0) is 44.9 Å². The summed E-state index contributed by atoms with van der Waals surface area (Å²) in [5, 5.41) is 10.1. The number of esters is 2. The second-order valence-corrected chi connectivity index (χ2v) is 13.3. The van der Waals surface area contributed by atoms with Crippen LogP contribution in [0.3, 0.4) is 0 Å². The Morgan fingerprint density at radius 2 is 1.22 bits per heavy atom. The fourth-order valence-corrected chi connectivity index (χ4v) is 4.96. The first-order valence-corrected chi connectivity index (χ1v) is 19.9. The Morgan fingerprint density at radius 3 is 1.82 bits per heavy atom. The van der Waals surface area contributed by atoms with E-state index in [0.29, 0.717) is 19.3 Å². The van der Waals surface area contributed by atoms with E-state index in [0.717, 1.165) is 44.9 Å². The van der Waals surface area contributed by atoms with Crippen molar-refractivity contribution in [3.63, 3.8) is 0 Å². The van der Waals surface area contributed by atoms with E-state index in [1.54, 1.807) is 24.3 Å². The standard InChI is InChI=1S/C39H65O9P/c1-3-5-7-9-11-13-15-16-18-19-21-23-26-30-36(40)31-27-25-29-32-38(41)46-34-37(35-47-49(43,44)45)48-39(42)33-28-24-22-20-17-14-12-10-8-6-4-2/h5,7,11,13,16,18,21,23,25-27,30,36-37,40H,3-4,6,8-10,12,14-15,17,19-20,22,24,28-29,31-35H2,1-2H3,(H2,43,44,45)/b7-5-,13-11-,18-16-,23-21-,27-25-,30-26-/t36?,37-/m1/s1. The lowest BCUT2D eigenvalue weighted by Gasteiger charge is -2.18. The minimum absolute atomic E-state index is 0.0587. The van der Waals surface area contributed by atoms with E-state index < -0.39 is 38.6 Å². The first-order chi connectivity index (χ1) is 23.7. The minimum Gasteiger partial charge on any atom is -0.462 e. The molecule has 49 heavy (non-hydrogen) atoms. The van der Waals surface area contributed by atoms with Crippen LogP contribution in [0.5, 0.6) is 0 Å². The molecule has 2 atom stereocenters. The molecule has 0 aromatic heterocycles. The molecule has 0 rings (SSSR count). The molecule has 0 aliphatic carbocycles. The van der Waals surface area contributed by atoms with Crippen LogP contribution in [-0.4, -0.2) is 52.3 Å². The molecule has 0 aromatic carbocycles. The van der Waals surface area contributed by atoms with Crippen molar-refractivity contribution in [3.8, 4) is 0 Å². The smallest absolute Gasteiger partial charge is 0.462 e. The van der Waals surface area contributed by atoms with Gasteiger partial charge in [0, 0.05) is 12.8 Å². The molecule has 0 saturated heterocycles. The summed E-state index contributed by atoms with van der Waals surface area (Å²) < 4.78 is 26.1. The van der Waals surface area contributed by atoms with E-state index in [1.807, 2.05) is 12.2 Å². The van der Waals surface area contributed by atoms with Crippen LogP contribution in [0.1, 0.15) is 136 Å². The number of aliphatic hydroxyl groups excluding tert-OH is 1. The van der Waals surface area contributed by atoms with Crippen molar-refractivity contribution in [2.45, 2.75) is 148 Å². The topological polar surface area (TPSA) is 140 Å². The molecule has 0 radical (unpaired) electrons. The highest BCUT2D eigenvalue weighted by atomic mass is 31.2. The number of carbonyl (C=O) groups excluding carboxylic acids is 2. The van der Waals surface area contributed by atoms with Crippen molar-refractivity contribution in [2.75, 3.05) is 13.2 Å². The summed E-state index contributed by atoms with van der Waals surface area (Å²) in [4.78, 5) is 42.6. The normalized spacial score (nSPS) is 14.0. The van der Waals surface area contributed by atoms with Crippen molar-refractivity contribution >= 4 is 19.8 Å². The maximum Gasteiger partial charge on any atom is 0.469 e. The number of ether oxygens (including phenoxy) is 2. The first kappa shape index (κ1) is 46.5. The van der Waals surface area contributed by atoms with Crippen LogP contribution in [-0.2, 0) is 28.2 Å². The molecule has 9 nitrogen and oxygen atoms in total. The fraction of sp³-hybridized carbons (Fsp3) is 0.641. The molecule has 0 fully saturated rings. The highest BCUT2D eigenvalue weighted by Crippen LogP contribution is 2.35. The van der Waals surface area contributed by atoms with Gasteiger partial charge in [0.25, 0.3) is 0 Å². The van der Waals surface area contributed by atoms with Crippen molar-refractivity contribution < 1.29 is 43.0 Å². The minimum atomic E-state index is -4.79. The molecule has 0 bridgehead atoms. The number of phosphoric ester groups is 1. The number of unbranched alkanes of at least 4 members (excludes halogenated alkanes) is 10. The van der Waals surface area contributed by atoms with Crippen LogP contribution >= 0.6 is 7.82 Å². The Balaban J connectivity index is 4.23. The summed E-state index contributed by atoms with van der Waals surface area (Å²) in [6.45, 7) is 3.38. The lowest BCUT2D eigenvalue weighted by atomic mass is 10.1. The quantitative estimate of drug-likeness (QED) is 0.0205. The van der Waals surface area contributed by atoms with Gasteiger partial charge in [-0.2, -0.15) is 0 Å². The van der Waals surface area contributed by atoms with E-state index in [4.69, 9.17) is 19.3 Å². The predicted octanol–water partition coefficient (Wildman–Crippen LogP) is 9.70. The third-order valence-corrected chi connectivity index (χ3v) is 7.82. The summed E-state index contributed by atoms with van der Waals surface area (Å²) in [7, 11) is -4.79. The van der Waals surface area contributed by atoms with Gasteiger partial charge in [-0.3, -0.25) is 14.1 Å². The lowest BCUT2D eigenvalue weighted by molar-refractivity contribution is -0.161. The number of phosphoric acid groups is 1. The number of hydrogen-bond acceptors (Lipinski definition) is 7. The summed E-state index contributed by atoms with van der Waals surface area (Å²) in [5.74, 6) is -1.07. The van der Waals surface area contributed by atoms with Crippen molar-refractivity contribution in [1.82, 2.24) is 0 Å². The van der Waals surface area contributed by atoms with Crippen LogP contribution < -0.4 is 0 Å². The predicted molar refractivity (Wildman–Crippen MR) is 199 cm³/mol. The highest BCUT2D eigenvalue weighted by Gasteiger charge is 2.22. The molecule has 3 N–H and O–H groups in total. The van der Waals surface area contributed by atoms with Crippen LogP contribution in [0.25, 0.3) is 0 Å². The van der Waals surface area contributed by atoms with Crippen LogP contribution in [0.4, 0.5) is 0 Å². The second kappa shape index (κ2) is 33.9. The van der Waals surface area contributed by atoms with Gasteiger partial charge in [-0.15, -0.1) is 0 Å². The molecule has 0 aliphatic rings. The van der Waals surface area contributed by atoms with Crippen molar-refractivity contribution in [2.24, 2.45) is 0 Å². The maximum absolute atomic E-state index is 12.3. The lowest BCUT2D eigenvalue weighted by Crippen LogP contribution is -2.29. The van der Waals surface area contributed by atoms with Gasteiger partial charge in [0.05, 0.1) is 12.7 Å². The van der Waals surface area contributed by atoms with E-state index in [1.165, 1.54) is 44.9 Å². The third-order valence-electron chi connectivity index (χ3n) is 7.33. The largest absolute Gasteiger partial charge is 0.469 e. The zero-order valence-electron chi connectivity index (χ0n) is 30.2. The molecule has 0 saturated carbocycles. The molecular weight excluding hydrogens is 643 g/mol. The Labute approximate surface area is 296 Å². The fourth-order valence-electron chi connectivity index (χ4n) is 4.60. The third kappa shape index (κ3) is 36.6. The zero-order chi connectivity index (χ0) is 36.3. The van der Waals surface area contributed by atoms with Gasteiger partial charge in [-0.1, -0.05) is 151 Å². The van der Waals surface area contributed by atoms with Gasteiger partial charge < -0.3 is 24.4 Å². The average molecular weight is 709 g/mol. The monoisotopic (exact) mass is 708 g/mol. The first-order valence-electron chi connectivity index (χ1n) is 18.3. The summed E-state index contributed by atoms with van der Waals surface area (Å²) >= 11 is 0. The van der Waals surface area contributed by atoms with E-state index in [2.05, 4.69) is 54.8 Å². The zero-order valence-corrected chi connectivity index (χ0v) is 31.1. The van der Waals surface area contributed by atoms with Crippen molar-refractivity contribution in [3.05, 3.63) is 72.9 Å². The molecule has 10 heteroatoms. The Hall–Kier alpha value is -2.55.